The van der Waals surface area contributed by atoms with Gasteiger partial charge in [-0.1, -0.05) is 29.5 Å². The molecule has 6 nitrogen and oxygen atoms in total. The van der Waals surface area contributed by atoms with E-state index in [1.54, 1.807) is 17.3 Å². The summed E-state index contributed by atoms with van der Waals surface area (Å²) in [6, 6.07) is 11.8. The number of hydrogen-bond acceptors (Lipinski definition) is 5. The van der Waals surface area contributed by atoms with Crippen molar-refractivity contribution in [1.29, 1.82) is 0 Å². The maximum absolute atomic E-state index is 13.3. The van der Waals surface area contributed by atoms with Gasteiger partial charge in [-0.05, 0) is 24.3 Å². The fourth-order valence-electron chi connectivity index (χ4n) is 3.83. The third-order valence-corrected chi connectivity index (χ3v) is 6.53. The number of thiazole rings is 1. The molecule has 4 aromatic rings. The lowest BCUT2D eigenvalue weighted by Crippen LogP contribution is -2.49. The molecule has 160 valence electrons. The summed E-state index contributed by atoms with van der Waals surface area (Å²) in [6.45, 7) is 2.24. The summed E-state index contributed by atoms with van der Waals surface area (Å²) in [6.07, 6.45) is -2.77. The molecular weight excluding hydrogens is 427 g/mol. The Morgan fingerprint density at radius 1 is 1.03 bits per heavy atom. The molecule has 0 aliphatic carbocycles. The van der Waals surface area contributed by atoms with Gasteiger partial charge in [0.05, 0.1) is 33.1 Å². The Balaban J connectivity index is 1.27. The van der Waals surface area contributed by atoms with Crippen molar-refractivity contribution in [3.63, 3.8) is 0 Å². The molecule has 10 heteroatoms. The number of amides is 1. The number of para-hydroxylation sites is 3. The van der Waals surface area contributed by atoms with Gasteiger partial charge in [0.15, 0.2) is 5.13 Å². The Morgan fingerprint density at radius 2 is 1.81 bits per heavy atom. The molecule has 0 atom stereocenters. The van der Waals surface area contributed by atoms with Crippen LogP contribution in [0.4, 0.5) is 18.3 Å². The van der Waals surface area contributed by atoms with Gasteiger partial charge in [-0.2, -0.15) is 13.2 Å². The van der Waals surface area contributed by atoms with Crippen molar-refractivity contribution in [1.82, 2.24) is 19.4 Å². The first-order valence-corrected chi connectivity index (χ1v) is 10.6. The molecule has 0 N–H and O–H groups in total. The Bertz CT molecular complexity index is 1260. The zero-order valence-electron chi connectivity index (χ0n) is 16.3. The lowest BCUT2D eigenvalue weighted by atomic mass is 10.2. The molecule has 0 unspecified atom stereocenters. The minimum atomic E-state index is -4.44. The summed E-state index contributed by atoms with van der Waals surface area (Å²) in [4.78, 5) is 25.1. The number of alkyl halides is 3. The Kier molecular flexibility index (Phi) is 4.81. The Hall–Kier alpha value is -3.14. The summed E-state index contributed by atoms with van der Waals surface area (Å²) in [5, 5.41) is 0.555. The van der Waals surface area contributed by atoms with Crippen molar-refractivity contribution >= 4 is 43.6 Å². The second-order valence-corrected chi connectivity index (χ2v) is 8.38. The van der Waals surface area contributed by atoms with Crippen LogP contribution in [0, 0.1) is 0 Å². The van der Waals surface area contributed by atoms with Gasteiger partial charge in [0.25, 0.3) is 0 Å². The number of benzene rings is 2. The highest BCUT2D eigenvalue weighted by Gasteiger charge is 2.34. The topological polar surface area (TPSA) is 54.3 Å². The third-order valence-electron chi connectivity index (χ3n) is 5.45. The zero-order chi connectivity index (χ0) is 21.6. The van der Waals surface area contributed by atoms with E-state index in [0.717, 1.165) is 17.1 Å². The summed E-state index contributed by atoms with van der Waals surface area (Å²) >= 11 is 1.25. The van der Waals surface area contributed by atoms with Gasteiger partial charge >= 0.3 is 6.18 Å². The van der Waals surface area contributed by atoms with Gasteiger partial charge in [0.1, 0.15) is 6.54 Å². The average molecular weight is 445 g/mol. The van der Waals surface area contributed by atoms with E-state index in [2.05, 4.69) is 9.97 Å². The normalized spacial score (nSPS) is 15.2. The zero-order valence-corrected chi connectivity index (χ0v) is 17.2. The Labute approximate surface area is 179 Å². The SMILES string of the molecule is O=C(Cn1cnc2ccccc21)N1CCN(c2nc3c(C(F)(F)F)cccc3s2)CC1. The van der Waals surface area contributed by atoms with Gasteiger partial charge < -0.3 is 14.4 Å². The lowest BCUT2D eigenvalue weighted by Gasteiger charge is -2.34. The molecule has 0 bridgehead atoms. The number of aromatic nitrogens is 3. The molecule has 2 aromatic heterocycles. The van der Waals surface area contributed by atoms with Crippen LogP contribution in [0.3, 0.4) is 0 Å². The van der Waals surface area contributed by atoms with Crippen LogP contribution in [0.5, 0.6) is 0 Å². The van der Waals surface area contributed by atoms with Crippen molar-refractivity contribution in [2.45, 2.75) is 12.7 Å². The monoisotopic (exact) mass is 445 g/mol. The van der Waals surface area contributed by atoms with Crippen LogP contribution in [0.2, 0.25) is 0 Å². The number of rotatable bonds is 3. The average Bonchev–Trinajstić information content (AvgIpc) is 3.37. The highest BCUT2D eigenvalue weighted by molar-refractivity contribution is 7.22. The molecule has 1 amide bonds. The van der Waals surface area contributed by atoms with Crippen LogP contribution in [-0.2, 0) is 17.5 Å². The smallest absolute Gasteiger partial charge is 0.345 e. The van der Waals surface area contributed by atoms with Gasteiger partial charge in [-0.15, -0.1) is 0 Å². The fraction of sp³-hybridized carbons (Fsp3) is 0.286. The van der Waals surface area contributed by atoms with Crippen LogP contribution < -0.4 is 4.90 Å². The minimum absolute atomic E-state index is 0.00791. The van der Waals surface area contributed by atoms with Crippen LogP contribution in [0.1, 0.15) is 5.56 Å². The lowest BCUT2D eigenvalue weighted by molar-refractivity contribution is -0.136. The quantitative estimate of drug-likeness (QED) is 0.478. The molecule has 0 spiro atoms. The number of anilines is 1. The molecule has 2 aromatic carbocycles. The number of carbonyl (C=O) groups excluding carboxylic acids is 1. The van der Waals surface area contributed by atoms with Crippen molar-refractivity contribution in [2.75, 3.05) is 31.1 Å². The van der Waals surface area contributed by atoms with Crippen molar-refractivity contribution in [3.8, 4) is 0 Å². The van der Waals surface area contributed by atoms with Gasteiger partial charge in [-0.25, -0.2) is 9.97 Å². The third kappa shape index (κ3) is 3.71. The molecule has 0 radical (unpaired) electrons. The predicted octanol–water partition coefficient (Wildman–Crippen LogP) is 4.01. The first kappa shape index (κ1) is 19.8. The van der Waals surface area contributed by atoms with E-state index >= 15 is 0 Å². The Morgan fingerprint density at radius 3 is 2.58 bits per heavy atom. The van der Waals surface area contributed by atoms with Crippen LogP contribution in [0.25, 0.3) is 21.3 Å². The van der Waals surface area contributed by atoms with Crippen LogP contribution in [-0.4, -0.2) is 51.5 Å². The second-order valence-electron chi connectivity index (χ2n) is 7.38. The first-order chi connectivity index (χ1) is 14.9. The standard InChI is InChI=1S/C21H18F3N5OS/c22-21(23,24)14-4-3-7-17-19(14)26-20(31-17)28-10-8-27(9-11-28)18(30)12-29-13-25-15-5-1-2-6-16(15)29/h1-7,13H,8-12H2. The van der Waals surface area contributed by atoms with E-state index in [1.807, 2.05) is 33.7 Å². The highest BCUT2D eigenvalue weighted by atomic mass is 32.1. The summed E-state index contributed by atoms with van der Waals surface area (Å²) < 4.78 is 42.1. The van der Waals surface area contributed by atoms with E-state index < -0.39 is 11.7 Å². The summed E-state index contributed by atoms with van der Waals surface area (Å²) in [7, 11) is 0. The molecule has 5 rings (SSSR count). The van der Waals surface area contributed by atoms with E-state index in [-0.39, 0.29) is 18.0 Å². The summed E-state index contributed by atoms with van der Waals surface area (Å²) in [5.74, 6) is -0.00791. The number of nitrogens with zero attached hydrogens (tertiary/aromatic N) is 5. The molecule has 0 saturated carbocycles. The first-order valence-electron chi connectivity index (χ1n) is 9.79. The number of carbonyl (C=O) groups is 1. The van der Waals surface area contributed by atoms with Gasteiger partial charge in [-0.3, -0.25) is 4.79 Å². The van der Waals surface area contributed by atoms with Gasteiger partial charge in [0.2, 0.25) is 5.91 Å². The maximum Gasteiger partial charge on any atom is 0.418 e. The molecule has 1 aliphatic rings. The number of fused-ring (bicyclic) bond motifs is 2. The fourth-order valence-corrected chi connectivity index (χ4v) is 4.87. The summed E-state index contributed by atoms with van der Waals surface area (Å²) in [5.41, 5.74) is 1.02. The maximum atomic E-state index is 13.3. The van der Waals surface area contributed by atoms with E-state index in [4.69, 9.17) is 0 Å². The number of hydrogen-bond donors (Lipinski definition) is 0. The highest BCUT2D eigenvalue weighted by Crippen LogP contribution is 2.38. The van der Waals surface area contributed by atoms with Crippen LogP contribution in [0.15, 0.2) is 48.8 Å². The molecule has 3 heterocycles. The van der Waals surface area contributed by atoms with E-state index in [0.29, 0.717) is 36.0 Å². The number of halogens is 3. The molecule has 1 fully saturated rings. The molecular formula is C21H18F3N5OS. The predicted molar refractivity (Wildman–Crippen MR) is 113 cm³/mol. The number of imidazole rings is 1. The molecule has 1 saturated heterocycles. The van der Waals surface area contributed by atoms with Crippen molar-refractivity contribution in [2.24, 2.45) is 0 Å². The van der Waals surface area contributed by atoms with E-state index in [9.17, 15) is 18.0 Å². The van der Waals surface area contributed by atoms with Crippen molar-refractivity contribution in [3.05, 3.63) is 54.4 Å². The van der Waals surface area contributed by atoms with Gasteiger partial charge in [0, 0.05) is 26.2 Å². The largest absolute Gasteiger partial charge is 0.418 e. The van der Waals surface area contributed by atoms with E-state index in [1.165, 1.54) is 17.4 Å². The van der Waals surface area contributed by atoms with Crippen LogP contribution >= 0.6 is 11.3 Å². The molecule has 31 heavy (non-hydrogen) atoms. The minimum Gasteiger partial charge on any atom is -0.345 e. The number of piperazine rings is 1. The second kappa shape index (κ2) is 7.52. The van der Waals surface area contributed by atoms with Crippen molar-refractivity contribution < 1.29 is 18.0 Å². The molecule has 1 aliphatic heterocycles.